The van der Waals surface area contributed by atoms with Crippen LogP contribution in [-0.2, 0) is 6.54 Å². The lowest BCUT2D eigenvalue weighted by molar-refractivity contribution is -0.274. The van der Waals surface area contributed by atoms with E-state index < -0.39 is 6.36 Å². The summed E-state index contributed by atoms with van der Waals surface area (Å²) in [6, 6.07) is 15.8. The SMILES string of the molecule is Fc1ccccc1-c1cc2ccn(Cc3ccc(OC(F)(F)F)cc3)cc-2n1. The Morgan fingerprint density at radius 2 is 1.68 bits per heavy atom. The van der Waals surface area contributed by atoms with Crippen molar-refractivity contribution in [3.8, 4) is 28.3 Å². The van der Waals surface area contributed by atoms with E-state index in [1.54, 1.807) is 30.3 Å². The quantitative estimate of drug-likeness (QED) is 0.418. The van der Waals surface area contributed by atoms with Crippen molar-refractivity contribution in [2.45, 2.75) is 12.9 Å². The first kappa shape index (κ1) is 18.0. The molecule has 142 valence electrons. The molecule has 0 saturated carbocycles. The van der Waals surface area contributed by atoms with Crippen LogP contribution < -0.4 is 4.74 Å². The van der Waals surface area contributed by atoms with Crippen LogP contribution in [0.25, 0.3) is 22.5 Å². The summed E-state index contributed by atoms with van der Waals surface area (Å²) < 4.78 is 56.4. The predicted octanol–water partition coefficient (Wildman–Crippen LogP) is 5.74. The zero-order valence-electron chi connectivity index (χ0n) is 14.4. The van der Waals surface area contributed by atoms with Crippen molar-refractivity contribution in [2.75, 3.05) is 0 Å². The van der Waals surface area contributed by atoms with Crippen LogP contribution in [0.2, 0.25) is 0 Å². The van der Waals surface area contributed by atoms with Gasteiger partial charge in [-0.25, -0.2) is 9.37 Å². The van der Waals surface area contributed by atoms with E-state index in [9.17, 15) is 17.6 Å². The lowest BCUT2D eigenvalue weighted by Gasteiger charge is -2.11. The van der Waals surface area contributed by atoms with E-state index in [2.05, 4.69) is 9.72 Å². The molecule has 28 heavy (non-hydrogen) atoms. The zero-order chi connectivity index (χ0) is 19.7. The monoisotopic (exact) mass is 386 g/mol. The molecule has 2 aliphatic rings. The Bertz CT molecular complexity index is 1070. The van der Waals surface area contributed by atoms with Gasteiger partial charge in [-0.2, -0.15) is 0 Å². The fourth-order valence-corrected chi connectivity index (χ4v) is 2.97. The molecule has 0 bridgehead atoms. The number of alkyl halides is 3. The van der Waals surface area contributed by atoms with Gasteiger partial charge < -0.3 is 9.30 Å². The summed E-state index contributed by atoms with van der Waals surface area (Å²) in [5.41, 5.74) is 3.38. The number of hydrogen-bond donors (Lipinski definition) is 0. The molecule has 2 aromatic carbocycles. The Labute approximate surface area is 158 Å². The Balaban J connectivity index is 1.55. The van der Waals surface area contributed by atoms with Gasteiger partial charge in [-0.3, -0.25) is 0 Å². The summed E-state index contributed by atoms with van der Waals surface area (Å²) in [5, 5.41) is 0. The number of hydrogen-bond acceptors (Lipinski definition) is 2. The molecule has 0 aliphatic carbocycles. The number of pyridine rings is 1. The van der Waals surface area contributed by atoms with E-state index in [-0.39, 0.29) is 11.6 Å². The predicted molar refractivity (Wildman–Crippen MR) is 96.5 cm³/mol. The van der Waals surface area contributed by atoms with Crippen molar-refractivity contribution in [1.29, 1.82) is 0 Å². The summed E-state index contributed by atoms with van der Waals surface area (Å²) in [6.07, 6.45) is -1.05. The largest absolute Gasteiger partial charge is 0.573 e. The van der Waals surface area contributed by atoms with E-state index in [4.69, 9.17) is 0 Å². The zero-order valence-corrected chi connectivity index (χ0v) is 14.4. The van der Waals surface area contributed by atoms with Gasteiger partial charge in [-0.1, -0.05) is 24.3 Å². The molecule has 0 radical (unpaired) electrons. The van der Waals surface area contributed by atoms with Crippen molar-refractivity contribution in [3.63, 3.8) is 0 Å². The molecule has 0 aromatic heterocycles. The van der Waals surface area contributed by atoms with E-state index in [0.717, 1.165) is 11.1 Å². The first-order valence-electron chi connectivity index (χ1n) is 8.43. The summed E-state index contributed by atoms with van der Waals surface area (Å²) >= 11 is 0. The van der Waals surface area contributed by atoms with E-state index in [0.29, 0.717) is 23.5 Å². The van der Waals surface area contributed by atoms with Crippen LogP contribution in [0.5, 0.6) is 5.75 Å². The number of aromatic nitrogens is 2. The fourth-order valence-electron chi connectivity index (χ4n) is 2.97. The molecule has 0 spiro atoms. The minimum absolute atomic E-state index is 0.260. The first-order valence-corrected chi connectivity index (χ1v) is 8.43. The van der Waals surface area contributed by atoms with E-state index in [1.807, 2.05) is 29.1 Å². The molecule has 0 fully saturated rings. The molecule has 0 saturated heterocycles. The second-order valence-corrected chi connectivity index (χ2v) is 6.27. The third-order valence-electron chi connectivity index (χ3n) is 4.23. The maximum absolute atomic E-state index is 14.0. The van der Waals surface area contributed by atoms with Crippen LogP contribution in [-0.4, -0.2) is 15.9 Å². The maximum Gasteiger partial charge on any atom is 0.573 e. The summed E-state index contributed by atoms with van der Waals surface area (Å²) in [7, 11) is 0. The van der Waals surface area contributed by atoms with Crippen LogP contribution in [0.3, 0.4) is 0 Å². The highest BCUT2D eigenvalue weighted by Crippen LogP contribution is 2.30. The first-order chi connectivity index (χ1) is 13.4. The average Bonchev–Trinajstić information content (AvgIpc) is 3.05. The molecule has 2 aromatic rings. The number of nitrogens with zero attached hydrogens (tertiary/aromatic N) is 2. The van der Waals surface area contributed by atoms with Gasteiger partial charge in [0.2, 0.25) is 0 Å². The number of halogens is 4. The highest BCUT2D eigenvalue weighted by Gasteiger charge is 2.30. The van der Waals surface area contributed by atoms with Gasteiger partial charge in [0.1, 0.15) is 11.6 Å². The minimum atomic E-state index is -4.71. The van der Waals surface area contributed by atoms with Crippen molar-refractivity contribution < 1.29 is 22.3 Å². The Kier molecular flexibility index (Phi) is 4.50. The van der Waals surface area contributed by atoms with Gasteiger partial charge in [0.05, 0.1) is 11.4 Å². The van der Waals surface area contributed by atoms with Gasteiger partial charge in [-0.05, 0) is 42.0 Å². The summed E-state index contributed by atoms with van der Waals surface area (Å²) in [4.78, 5) is 4.49. The topological polar surface area (TPSA) is 27.1 Å². The smallest absolute Gasteiger partial charge is 0.406 e. The standard InChI is InChI=1S/C21H14F4N2O/c22-18-4-2-1-3-17(18)19-11-15-9-10-27(13-20(15)26-19)12-14-5-7-16(8-6-14)28-21(23,24)25/h1-11,13H,12H2. The molecular formula is C21H14F4N2O. The average molecular weight is 386 g/mol. The minimum Gasteiger partial charge on any atom is -0.406 e. The van der Waals surface area contributed by atoms with Crippen LogP contribution in [0.1, 0.15) is 5.56 Å². The molecule has 4 rings (SSSR count). The van der Waals surface area contributed by atoms with Gasteiger partial charge in [0.25, 0.3) is 0 Å². The van der Waals surface area contributed by atoms with Crippen LogP contribution in [0.4, 0.5) is 17.6 Å². The fraction of sp³-hybridized carbons (Fsp3) is 0.0952. The third kappa shape index (κ3) is 3.98. The molecule has 0 unspecified atom stereocenters. The summed E-state index contributed by atoms with van der Waals surface area (Å²) in [5.74, 6) is -0.594. The number of benzene rings is 2. The molecule has 0 amide bonds. The molecule has 3 nitrogen and oxygen atoms in total. The number of rotatable bonds is 4. The van der Waals surface area contributed by atoms with Crippen LogP contribution >= 0.6 is 0 Å². The Hall–Kier alpha value is -3.35. The van der Waals surface area contributed by atoms with Gasteiger partial charge in [0.15, 0.2) is 0 Å². The van der Waals surface area contributed by atoms with Gasteiger partial charge in [-0.15, -0.1) is 13.2 Å². The lowest BCUT2D eigenvalue weighted by atomic mass is 10.1. The normalized spacial score (nSPS) is 11.7. The Morgan fingerprint density at radius 1 is 0.929 bits per heavy atom. The number of fused-ring (bicyclic) bond motifs is 1. The molecule has 7 heteroatoms. The molecule has 0 N–H and O–H groups in total. The Morgan fingerprint density at radius 3 is 2.39 bits per heavy atom. The third-order valence-corrected chi connectivity index (χ3v) is 4.23. The van der Waals surface area contributed by atoms with Gasteiger partial charge in [0, 0.05) is 30.1 Å². The maximum atomic E-state index is 14.0. The van der Waals surface area contributed by atoms with Gasteiger partial charge >= 0.3 is 6.36 Å². The van der Waals surface area contributed by atoms with Crippen molar-refractivity contribution >= 4 is 0 Å². The lowest BCUT2D eigenvalue weighted by Crippen LogP contribution is -2.17. The molecule has 0 atom stereocenters. The highest BCUT2D eigenvalue weighted by molar-refractivity contribution is 5.73. The van der Waals surface area contributed by atoms with E-state index in [1.165, 1.54) is 18.2 Å². The van der Waals surface area contributed by atoms with Crippen LogP contribution in [0.15, 0.2) is 73.1 Å². The van der Waals surface area contributed by atoms with Crippen molar-refractivity contribution in [2.24, 2.45) is 0 Å². The second kappa shape index (κ2) is 6.99. The van der Waals surface area contributed by atoms with Crippen molar-refractivity contribution in [1.82, 2.24) is 9.55 Å². The van der Waals surface area contributed by atoms with Crippen LogP contribution in [0, 0.1) is 5.82 Å². The molecule has 2 aliphatic heterocycles. The second-order valence-electron chi connectivity index (χ2n) is 6.27. The van der Waals surface area contributed by atoms with E-state index >= 15 is 0 Å². The molecule has 2 heterocycles. The number of ether oxygens (including phenoxy) is 1. The highest BCUT2D eigenvalue weighted by atomic mass is 19.4. The molecular weight excluding hydrogens is 372 g/mol. The summed E-state index contributed by atoms with van der Waals surface area (Å²) in [6.45, 7) is 0.449. The van der Waals surface area contributed by atoms with Crippen molar-refractivity contribution in [3.05, 3.63) is 84.4 Å².